The van der Waals surface area contributed by atoms with Crippen LogP contribution in [0.1, 0.15) is 0 Å². The number of benzene rings is 8. The third-order valence-electron chi connectivity index (χ3n) is 10.2. The first-order valence-corrected chi connectivity index (χ1v) is 17.8. The summed E-state index contributed by atoms with van der Waals surface area (Å²) in [6.07, 6.45) is 0. The molecule has 3 heterocycles. The Kier molecular flexibility index (Phi) is 5.83. The molecule has 0 saturated heterocycles. The number of para-hydroxylation sites is 2. The summed E-state index contributed by atoms with van der Waals surface area (Å²) in [5.41, 5.74) is 8.60. The van der Waals surface area contributed by atoms with E-state index in [1.165, 1.54) is 41.8 Å². The van der Waals surface area contributed by atoms with E-state index in [-0.39, 0.29) is 0 Å². The van der Waals surface area contributed by atoms with E-state index in [1.807, 2.05) is 11.3 Å². The number of hydrogen-bond donors (Lipinski definition) is 0. The summed E-state index contributed by atoms with van der Waals surface area (Å²) in [6, 6.07) is 61.2. The van der Waals surface area contributed by atoms with Crippen LogP contribution in [-0.4, -0.2) is 4.57 Å². The highest BCUT2D eigenvalue weighted by atomic mass is 32.1. The normalized spacial score (nSPS) is 12.0. The number of nitrogens with zero attached hydrogens (tertiary/aromatic N) is 2. The molecule has 234 valence electrons. The van der Waals surface area contributed by atoms with E-state index in [0.29, 0.717) is 0 Å². The molecule has 50 heavy (non-hydrogen) atoms. The first-order chi connectivity index (χ1) is 24.8. The fourth-order valence-electron chi connectivity index (χ4n) is 8.02. The molecule has 0 atom stereocenters. The van der Waals surface area contributed by atoms with Gasteiger partial charge in [0.2, 0.25) is 0 Å². The molecular weight excluding hydrogens is 629 g/mol. The molecule has 0 aliphatic carbocycles. The molecule has 0 aliphatic rings. The molecule has 0 amide bonds. The third kappa shape index (κ3) is 3.91. The van der Waals surface area contributed by atoms with Crippen LogP contribution in [0, 0.1) is 0 Å². The van der Waals surface area contributed by atoms with Gasteiger partial charge in [-0.2, -0.15) is 0 Å². The number of thiophene rings is 1. The van der Waals surface area contributed by atoms with E-state index < -0.39 is 0 Å². The molecule has 11 aromatic rings. The molecule has 0 spiro atoms. The van der Waals surface area contributed by atoms with Gasteiger partial charge in [-0.3, -0.25) is 0 Å². The lowest BCUT2D eigenvalue weighted by Crippen LogP contribution is -2.10. The predicted octanol–water partition coefficient (Wildman–Crippen LogP) is 13.7. The summed E-state index contributed by atoms with van der Waals surface area (Å²) >= 11 is 1.85. The van der Waals surface area contributed by atoms with Crippen LogP contribution >= 0.6 is 11.3 Å². The van der Waals surface area contributed by atoms with E-state index in [2.05, 4.69) is 179 Å². The van der Waals surface area contributed by atoms with Gasteiger partial charge in [-0.1, -0.05) is 103 Å². The molecule has 0 radical (unpaired) electrons. The summed E-state index contributed by atoms with van der Waals surface area (Å²) < 4.78 is 11.7. The van der Waals surface area contributed by atoms with Crippen LogP contribution in [0.4, 0.5) is 17.1 Å². The number of anilines is 3. The number of aromatic nitrogens is 1. The zero-order chi connectivity index (χ0) is 32.8. The lowest BCUT2D eigenvalue weighted by atomic mass is 10.0. The van der Waals surface area contributed by atoms with E-state index in [0.717, 1.165) is 55.6 Å². The fraction of sp³-hybridized carbons (Fsp3) is 0. The van der Waals surface area contributed by atoms with Crippen LogP contribution in [0.5, 0.6) is 0 Å². The average Bonchev–Trinajstić information content (AvgIpc) is 3.85. The maximum Gasteiger partial charge on any atom is 0.143 e. The maximum absolute atomic E-state index is 6.73. The lowest BCUT2D eigenvalue weighted by molar-refractivity contribution is 0.672. The molecular formula is C46H28N2OS. The summed E-state index contributed by atoms with van der Waals surface area (Å²) in [7, 11) is 0. The van der Waals surface area contributed by atoms with Gasteiger partial charge in [0, 0.05) is 53.1 Å². The van der Waals surface area contributed by atoms with Gasteiger partial charge in [0.25, 0.3) is 0 Å². The molecule has 8 aromatic carbocycles. The monoisotopic (exact) mass is 656 g/mol. The van der Waals surface area contributed by atoms with E-state index in [4.69, 9.17) is 4.42 Å². The molecule has 0 unspecified atom stereocenters. The number of rotatable bonds is 4. The Bertz CT molecular complexity index is 3110. The second-order valence-electron chi connectivity index (χ2n) is 12.9. The van der Waals surface area contributed by atoms with Crippen molar-refractivity contribution in [3.8, 4) is 5.69 Å². The van der Waals surface area contributed by atoms with Gasteiger partial charge in [0.05, 0.1) is 27.8 Å². The molecule has 11 rings (SSSR count). The zero-order valence-corrected chi connectivity index (χ0v) is 27.7. The zero-order valence-electron chi connectivity index (χ0n) is 26.9. The van der Waals surface area contributed by atoms with Gasteiger partial charge >= 0.3 is 0 Å². The Hall–Kier alpha value is -6.36. The van der Waals surface area contributed by atoms with Crippen molar-refractivity contribution in [1.82, 2.24) is 4.57 Å². The van der Waals surface area contributed by atoms with Crippen molar-refractivity contribution < 1.29 is 4.42 Å². The van der Waals surface area contributed by atoms with Crippen molar-refractivity contribution in [3.05, 3.63) is 170 Å². The smallest absolute Gasteiger partial charge is 0.143 e. The number of fused-ring (bicyclic) bond motifs is 11. The maximum atomic E-state index is 6.73. The predicted molar refractivity (Wildman–Crippen MR) is 213 cm³/mol. The Morgan fingerprint density at radius 2 is 1.14 bits per heavy atom. The van der Waals surface area contributed by atoms with Crippen molar-refractivity contribution in [2.45, 2.75) is 0 Å². The highest BCUT2D eigenvalue weighted by Gasteiger charge is 2.25. The van der Waals surface area contributed by atoms with Crippen molar-refractivity contribution in [2.24, 2.45) is 0 Å². The molecule has 3 aromatic heterocycles. The molecule has 0 N–H and O–H groups in total. The number of hydrogen-bond acceptors (Lipinski definition) is 3. The summed E-state index contributed by atoms with van der Waals surface area (Å²) in [5, 5.41) is 9.52. The van der Waals surface area contributed by atoms with Gasteiger partial charge < -0.3 is 13.9 Å². The standard InChI is InChI=1S/C46H28N2OS/c1-2-13-30(14-3-1)47-37-18-8-6-17-35(37)44-38(47)19-10-20-39(44)48(31-25-27-34-33-16-7-9-23-42(33)50-43(34)28-31)40-21-11-22-41-45(40)36-26-24-29-12-4-5-15-32(29)46(36)49-41/h1-28H. The van der Waals surface area contributed by atoms with Crippen molar-refractivity contribution in [3.63, 3.8) is 0 Å². The average molecular weight is 657 g/mol. The minimum absolute atomic E-state index is 0.876. The Morgan fingerprint density at radius 1 is 0.460 bits per heavy atom. The molecule has 0 saturated carbocycles. The fourth-order valence-corrected chi connectivity index (χ4v) is 9.16. The van der Waals surface area contributed by atoms with Gasteiger partial charge in [-0.05, 0) is 72.1 Å². The SMILES string of the molecule is c1ccc(-n2c3ccccc3c3c(N(c4ccc5c(c4)sc4ccccc45)c4cccc5oc6c7ccccc7ccc6c45)cccc32)cc1. The van der Waals surface area contributed by atoms with Crippen molar-refractivity contribution in [1.29, 1.82) is 0 Å². The van der Waals surface area contributed by atoms with Crippen molar-refractivity contribution in [2.75, 3.05) is 4.90 Å². The highest BCUT2D eigenvalue weighted by molar-refractivity contribution is 7.25. The Labute approximate surface area is 291 Å². The van der Waals surface area contributed by atoms with Gasteiger partial charge in [-0.15, -0.1) is 11.3 Å². The molecule has 0 fully saturated rings. The second-order valence-corrected chi connectivity index (χ2v) is 14.0. The Balaban J connectivity index is 1.27. The Morgan fingerprint density at radius 3 is 2.04 bits per heavy atom. The first-order valence-electron chi connectivity index (χ1n) is 16.9. The lowest BCUT2D eigenvalue weighted by Gasteiger charge is -2.27. The quantitative estimate of drug-likeness (QED) is 0.188. The second kappa shape index (κ2) is 10.6. The van der Waals surface area contributed by atoms with Crippen LogP contribution in [0.2, 0.25) is 0 Å². The van der Waals surface area contributed by atoms with Gasteiger partial charge in [0.15, 0.2) is 0 Å². The first kappa shape index (κ1) is 27.6. The summed E-state index contributed by atoms with van der Waals surface area (Å²) in [4.78, 5) is 2.46. The third-order valence-corrected chi connectivity index (χ3v) is 11.3. The van der Waals surface area contributed by atoms with Gasteiger partial charge in [-0.25, -0.2) is 0 Å². The number of furan rings is 1. The van der Waals surface area contributed by atoms with Crippen LogP contribution in [0.25, 0.3) is 80.4 Å². The minimum atomic E-state index is 0.876. The highest BCUT2D eigenvalue weighted by Crippen LogP contribution is 2.49. The molecule has 0 bridgehead atoms. The van der Waals surface area contributed by atoms with Crippen LogP contribution in [0.3, 0.4) is 0 Å². The molecule has 4 heteroatoms. The van der Waals surface area contributed by atoms with Crippen LogP contribution < -0.4 is 4.90 Å². The molecule has 0 aliphatic heterocycles. The van der Waals surface area contributed by atoms with Crippen LogP contribution in [-0.2, 0) is 0 Å². The topological polar surface area (TPSA) is 21.3 Å². The van der Waals surface area contributed by atoms with E-state index >= 15 is 0 Å². The largest absolute Gasteiger partial charge is 0.455 e. The molecule has 3 nitrogen and oxygen atoms in total. The van der Waals surface area contributed by atoms with Crippen molar-refractivity contribution >= 4 is 103 Å². The van der Waals surface area contributed by atoms with Gasteiger partial charge in [0.1, 0.15) is 11.2 Å². The van der Waals surface area contributed by atoms with Crippen LogP contribution in [0.15, 0.2) is 174 Å². The summed E-state index contributed by atoms with van der Waals surface area (Å²) in [5.74, 6) is 0. The van der Waals surface area contributed by atoms with E-state index in [9.17, 15) is 0 Å². The van der Waals surface area contributed by atoms with E-state index in [1.54, 1.807) is 0 Å². The minimum Gasteiger partial charge on any atom is -0.455 e. The summed E-state index contributed by atoms with van der Waals surface area (Å²) in [6.45, 7) is 0.